The van der Waals surface area contributed by atoms with Gasteiger partial charge in [0.15, 0.2) is 5.84 Å². The van der Waals surface area contributed by atoms with Crippen molar-refractivity contribution in [1.82, 2.24) is 0 Å². The third-order valence-corrected chi connectivity index (χ3v) is 5.18. The molecule has 0 bridgehead atoms. The number of amidine groups is 1. The second kappa shape index (κ2) is 14.8. The van der Waals surface area contributed by atoms with Crippen LogP contribution < -0.4 is 0 Å². The lowest BCUT2D eigenvalue weighted by Gasteiger charge is -2.13. The van der Waals surface area contributed by atoms with Crippen LogP contribution in [0.15, 0.2) is 89.0 Å². The van der Waals surface area contributed by atoms with Crippen LogP contribution in [0.1, 0.15) is 64.9 Å². The molecule has 1 N–H and O–H groups in total. The van der Waals surface area contributed by atoms with E-state index in [0.717, 1.165) is 41.7 Å². The first-order valence-electron chi connectivity index (χ1n) is 11.2. The van der Waals surface area contributed by atoms with Gasteiger partial charge in [0.25, 0.3) is 0 Å². The molecule has 0 spiro atoms. The normalized spacial score (nSPS) is 14.2. The molecule has 0 aliphatic heterocycles. The molecule has 2 atom stereocenters. The van der Waals surface area contributed by atoms with Gasteiger partial charge in [-0.3, -0.25) is 15.2 Å². The third-order valence-electron chi connectivity index (χ3n) is 5.18. The number of aliphatic imine (C=N–C) groups is 2. The standard InChI is InChI=1S/C28H37N3O/c1-7-19-30-26(22(5)6)18-17-24(21(3)4)15-12-16-27(32)28(29)31-20-23(8-2)25-13-10-9-11-14-25/h7,9-15,19-20,23-24,29H,3,5,8,16-18H2,1-2,4,6H3/b15-12+,19-7-,29-28?,30-26?,31-20?/t23-,24+/m1/s1. The number of nitrogens with one attached hydrogen (secondary N) is 1. The molecule has 4 heteroatoms. The molecular formula is C28H37N3O. The van der Waals surface area contributed by atoms with Crippen LogP contribution in [0.5, 0.6) is 0 Å². The molecule has 0 heterocycles. The van der Waals surface area contributed by atoms with E-state index >= 15 is 0 Å². The predicted molar refractivity (Wildman–Crippen MR) is 139 cm³/mol. The van der Waals surface area contributed by atoms with Crippen molar-refractivity contribution in [2.75, 3.05) is 0 Å². The first-order chi connectivity index (χ1) is 15.3. The molecule has 0 radical (unpaired) electrons. The van der Waals surface area contributed by atoms with Gasteiger partial charge in [-0.05, 0) is 57.1 Å². The fourth-order valence-electron chi connectivity index (χ4n) is 3.15. The Kier molecular flexibility index (Phi) is 12.4. The van der Waals surface area contributed by atoms with Gasteiger partial charge in [0.05, 0.1) is 0 Å². The lowest BCUT2D eigenvalue weighted by molar-refractivity contribution is -0.112. The fraction of sp³-hybridized carbons (Fsp3) is 0.357. The van der Waals surface area contributed by atoms with E-state index in [4.69, 9.17) is 5.41 Å². The molecule has 4 nitrogen and oxygen atoms in total. The van der Waals surface area contributed by atoms with Gasteiger partial charge in [0, 0.05) is 30.5 Å². The highest BCUT2D eigenvalue weighted by Crippen LogP contribution is 2.20. The van der Waals surface area contributed by atoms with Crippen LogP contribution in [0, 0.1) is 11.3 Å². The molecule has 0 amide bonds. The van der Waals surface area contributed by atoms with E-state index in [1.165, 1.54) is 0 Å². The number of Topliss-reactive ketones (excluding diaryl/α,β-unsaturated/α-hetero) is 1. The SMILES string of the molecule is C=C(C)C(CC[C@H](/C=C/CC(=O)C(=N)N=C[C@@H](CC)c1ccccc1)C(=C)C)=N/C=C\C. The Balaban J connectivity index is 2.68. The molecule has 0 unspecified atom stereocenters. The Morgan fingerprint density at radius 2 is 1.88 bits per heavy atom. The summed E-state index contributed by atoms with van der Waals surface area (Å²) in [6.07, 6.45) is 11.8. The molecule has 0 fully saturated rings. The van der Waals surface area contributed by atoms with Gasteiger partial charge < -0.3 is 0 Å². The minimum Gasteiger partial charge on any atom is -0.290 e. The number of rotatable bonds is 13. The van der Waals surface area contributed by atoms with Crippen LogP contribution in [0.25, 0.3) is 0 Å². The summed E-state index contributed by atoms with van der Waals surface area (Å²) in [4.78, 5) is 20.9. The van der Waals surface area contributed by atoms with E-state index in [2.05, 4.69) is 30.1 Å². The second-order valence-corrected chi connectivity index (χ2v) is 7.94. The van der Waals surface area contributed by atoms with E-state index in [9.17, 15) is 4.79 Å². The van der Waals surface area contributed by atoms with Crippen LogP contribution in [-0.2, 0) is 4.79 Å². The highest BCUT2D eigenvalue weighted by molar-refractivity contribution is 6.39. The van der Waals surface area contributed by atoms with Crippen LogP contribution in [-0.4, -0.2) is 23.5 Å². The zero-order chi connectivity index (χ0) is 23.9. The van der Waals surface area contributed by atoms with Crippen molar-refractivity contribution in [3.63, 3.8) is 0 Å². The Morgan fingerprint density at radius 1 is 1.19 bits per heavy atom. The van der Waals surface area contributed by atoms with Crippen molar-refractivity contribution in [2.45, 2.75) is 59.3 Å². The number of nitrogens with zero attached hydrogens (tertiary/aromatic N) is 2. The maximum absolute atomic E-state index is 12.4. The topological polar surface area (TPSA) is 65.6 Å². The van der Waals surface area contributed by atoms with Crippen molar-refractivity contribution in [2.24, 2.45) is 15.9 Å². The van der Waals surface area contributed by atoms with E-state index in [1.54, 1.807) is 12.4 Å². The summed E-state index contributed by atoms with van der Waals surface area (Å²) in [5.41, 5.74) is 4.09. The molecule has 0 saturated heterocycles. The monoisotopic (exact) mass is 431 g/mol. The Hall–Kier alpha value is -3.14. The Bertz CT molecular complexity index is 904. The highest BCUT2D eigenvalue weighted by Gasteiger charge is 2.11. The summed E-state index contributed by atoms with van der Waals surface area (Å²) >= 11 is 0. The van der Waals surface area contributed by atoms with Crippen molar-refractivity contribution in [1.29, 1.82) is 5.41 Å². The maximum atomic E-state index is 12.4. The van der Waals surface area contributed by atoms with E-state index in [0.29, 0.717) is 0 Å². The van der Waals surface area contributed by atoms with Crippen molar-refractivity contribution >= 4 is 23.5 Å². The molecule has 0 aliphatic rings. The summed E-state index contributed by atoms with van der Waals surface area (Å²) in [7, 11) is 0. The smallest absolute Gasteiger partial charge is 0.203 e. The molecule has 170 valence electrons. The van der Waals surface area contributed by atoms with Gasteiger partial charge in [-0.2, -0.15) is 0 Å². The number of hydrogen-bond donors (Lipinski definition) is 1. The fourth-order valence-corrected chi connectivity index (χ4v) is 3.15. The first-order valence-corrected chi connectivity index (χ1v) is 11.2. The molecule has 1 aromatic rings. The number of carbonyl (C=O) groups is 1. The molecule has 1 rings (SSSR count). The molecule has 32 heavy (non-hydrogen) atoms. The van der Waals surface area contributed by atoms with Crippen molar-refractivity contribution in [3.05, 3.63) is 84.6 Å². The van der Waals surface area contributed by atoms with Gasteiger partial charge in [0.1, 0.15) is 0 Å². The lowest BCUT2D eigenvalue weighted by Crippen LogP contribution is -2.11. The van der Waals surface area contributed by atoms with Gasteiger partial charge in [-0.25, -0.2) is 4.99 Å². The zero-order valence-electron chi connectivity index (χ0n) is 20.0. The minimum atomic E-state index is -0.293. The largest absolute Gasteiger partial charge is 0.290 e. The number of allylic oxidation sites excluding steroid dienone is 5. The van der Waals surface area contributed by atoms with Gasteiger partial charge in [-0.1, -0.05) is 74.2 Å². The quantitative estimate of drug-likeness (QED) is 0.199. The predicted octanol–water partition coefficient (Wildman–Crippen LogP) is 7.27. The molecule has 0 saturated carbocycles. The van der Waals surface area contributed by atoms with Crippen LogP contribution in [0.4, 0.5) is 0 Å². The average molecular weight is 432 g/mol. The zero-order valence-corrected chi connectivity index (χ0v) is 20.0. The molecule has 0 aromatic heterocycles. The second-order valence-electron chi connectivity index (χ2n) is 7.94. The lowest BCUT2D eigenvalue weighted by atomic mass is 9.93. The van der Waals surface area contributed by atoms with Gasteiger partial charge >= 0.3 is 0 Å². The number of carbonyl (C=O) groups excluding carboxylic acids is 1. The molecular weight excluding hydrogens is 394 g/mol. The summed E-state index contributed by atoms with van der Waals surface area (Å²) in [6.45, 7) is 16.0. The van der Waals surface area contributed by atoms with Crippen molar-refractivity contribution in [3.8, 4) is 0 Å². The summed E-state index contributed by atoms with van der Waals surface area (Å²) in [5.74, 6) is -0.269. The van der Waals surface area contributed by atoms with E-state index in [1.807, 2.05) is 69.3 Å². The van der Waals surface area contributed by atoms with E-state index in [-0.39, 0.29) is 29.9 Å². The average Bonchev–Trinajstić information content (AvgIpc) is 2.78. The third kappa shape index (κ3) is 9.78. The Labute approximate surface area is 193 Å². The van der Waals surface area contributed by atoms with Crippen LogP contribution in [0.3, 0.4) is 0 Å². The summed E-state index contributed by atoms with van der Waals surface area (Å²) in [5, 5.41) is 8.01. The maximum Gasteiger partial charge on any atom is 0.203 e. The Morgan fingerprint density at radius 3 is 2.44 bits per heavy atom. The number of ketones is 1. The highest BCUT2D eigenvalue weighted by atomic mass is 16.1. The number of benzene rings is 1. The van der Waals surface area contributed by atoms with E-state index < -0.39 is 0 Å². The first kappa shape index (κ1) is 26.9. The summed E-state index contributed by atoms with van der Waals surface area (Å²) in [6, 6.07) is 10.0. The molecule has 0 aliphatic carbocycles. The minimum absolute atomic E-state index is 0.0967. The van der Waals surface area contributed by atoms with Crippen molar-refractivity contribution < 1.29 is 4.79 Å². The van der Waals surface area contributed by atoms with Gasteiger partial charge in [0.2, 0.25) is 5.78 Å². The van der Waals surface area contributed by atoms with Crippen LogP contribution in [0.2, 0.25) is 0 Å². The van der Waals surface area contributed by atoms with Gasteiger partial charge in [-0.15, -0.1) is 0 Å². The summed E-state index contributed by atoms with van der Waals surface area (Å²) < 4.78 is 0. The van der Waals surface area contributed by atoms with Crippen LogP contribution >= 0.6 is 0 Å². The molecule has 1 aromatic carbocycles. The number of hydrogen-bond acceptors (Lipinski definition) is 3.